The molecule has 0 amide bonds. The fourth-order valence-electron chi connectivity index (χ4n) is 10.9. The van der Waals surface area contributed by atoms with E-state index in [2.05, 4.69) is 214 Å². The molecule has 74 heavy (non-hydrogen) atoms. The SMILES string of the molecule is Brc1cc2c(-c3ccccc3)c3c(c(-c4ccccc4)c2cc1Br)-c1cccc2cccc-3c12.Nc1cc(Br)c(Br)cc1OC=O.O=C1C(c2ccccc2)=C2C(=C1c1ccccc1)c1cccc3cccc2c13. The second-order valence-electron chi connectivity index (χ2n) is 18.0. The van der Waals surface area contributed by atoms with E-state index in [-0.39, 0.29) is 5.78 Å². The molecule has 14 rings (SSSR count). The summed E-state index contributed by atoms with van der Waals surface area (Å²) in [5.74, 6) is 0.467. The average Bonchev–Trinajstić information content (AvgIpc) is 4.05. The summed E-state index contributed by atoms with van der Waals surface area (Å²) in [4.78, 5) is 23.8. The predicted molar refractivity (Wildman–Crippen MR) is 321 cm³/mol. The van der Waals surface area contributed by atoms with Gasteiger partial charge in [-0.2, -0.15) is 0 Å². The second kappa shape index (κ2) is 19.8. The average molecular weight is 1210 g/mol. The number of halogens is 4. The number of carbonyl (C=O) groups is 2. The van der Waals surface area contributed by atoms with E-state index in [1.807, 2.05) is 60.7 Å². The summed E-state index contributed by atoms with van der Waals surface area (Å²) in [6.07, 6.45) is 0. The molecule has 0 atom stereocenters. The van der Waals surface area contributed by atoms with E-state index in [1.54, 1.807) is 12.1 Å². The summed E-state index contributed by atoms with van der Waals surface area (Å²) < 4.78 is 8.34. The van der Waals surface area contributed by atoms with Crippen molar-refractivity contribution < 1.29 is 14.3 Å². The third-order valence-corrected chi connectivity index (χ3v) is 17.6. The lowest BCUT2D eigenvalue weighted by molar-refractivity contribution is -0.120. The number of Topliss-reactive ketones (excluding diaryl/α,β-unsaturated/α-hetero) is 1. The molecule has 11 aromatic carbocycles. The van der Waals surface area contributed by atoms with Gasteiger partial charge in [-0.25, -0.2) is 0 Å². The summed E-state index contributed by atoms with van der Waals surface area (Å²) in [5, 5.41) is 7.62. The summed E-state index contributed by atoms with van der Waals surface area (Å²) in [7, 11) is 0. The highest BCUT2D eigenvalue weighted by atomic mass is 79.9. The Kier molecular flexibility index (Phi) is 12.7. The molecule has 0 saturated carbocycles. The normalized spacial score (nSPS) is 12.6. The lowest BCUT2D eigenvalue weighted by Crippen LogP contribution is -2.02. The number of hydrogen-bond donors (Lipinski definition) is 1. The maximum atomic E-state index is 13.7. The standard InChI is InChI=1S/C32H18Br2.C27H16O.C7H5Br2NO2/c33-26-17-24-25(18-27(26)34)30(21-11-5-2-6-12-21)32-23-16-8-14-19-13-7-15-22(28(19)23)31(32)29(24)20-9-3-1-4-10-20;28-27-23(18-9-3-1-4-10-18)25-20-15-7-13-17-14-8-16-21(22(17)20)26(25)24(27)19-11-5-2-6-12-19;8-4-1-6(10)7(12-3-11)2-5(4)9/h1-18H;1-16H;1-3H,10H2. The quantitative estimate of drug-likeness (QED) is 0.133. The van der Waals surface area contributed by atoms with Crippen LogP contribution in [-0.4, -0.2) is 12.3 Å². The smallest absolute Gasteiger partial charge is 0.298 e. The highest BCUT2D eigenvalue weighted by Gasteiger charge is 2.40. The van der Waals surface area contributed by atoms with E-state index >= 15 is 0 Å². The summed E-state index contributed by atoms with van der Waals surface area (Å²) in [5.41, 5.74) is 24.4. The van der Waals surface area contributed by atoms with Crippen molar-refractivity contribution >= 4 is 136 Å². The van der Waals surface area contributed by atoms with Crippen LogP contribution in [0.25, 0.3) is 99.1 Å². The molecule has 8 heteroatoms. The van der Waals surface area contributed by atoms with Crippen LogP contribution in [0.1, 0.15) is 22.3 Å². The van der Waals surface area contributed by atoms with Crippen molar-refractivity contribution in [3.63, 3.8) is 0 Å². The van der Waals surface area contributed by atoms with Gasteiger partial charge in [0.1, 0.15) is 0 Å². The van der Waals surface area contributed by atoms with Gasteiger partial charge in [-0.05, 0) is 187 Å². The Morgan fingerprint density at radius 3 is 1.12 bits per heavy atom. The van der Waals surface area contributed by atoms with Crippen molar-refractivity contribution in [3.8, 4) is 50.3 Å². The van der Waals surface area contributed by atoms with Crippen LogP contribution in [-0.2, 0) is 9.59 Å². The van der Waals surface area contributed by atoms with Crippen LogP contribution in [0.4, 0.5) is 5.69 Å². The van der Waals surface area contributed by atoms with Gasteiger partial charge in [0.25, 0.3) is 6.47 Å². The van der Waals surface area contributed by atoms with Crippen molar-refractivity contribution in [2.24, 2.45) is 0 Å². The zero-order valence-electron chi connectivity index (χ0n) is 39.2. The summed E-state index contributed by atoms with van der Waals surface area (Å²) in [6, 6.07) is 75.8. The number of anilines is 1. The first kappa shape index (κ1) is 47.5. The molecule has 354 valence electrons. The maximum Gasteiger partial charge on any atom is 0.298 e. The van der Waals surface area contributed by atoms with Gasteiger partial charge in [0.15, 0.2) is 11.5 Å². The first-order valence-electron chi connectivity index (χ1n) is 23.9. The van der Waals surface area contributed by atoms with Crippen molar-refractivity contribution in [2.75, 3.05) is 5.73 Å². The number of ether oxygens (including phenoxy) is 1. The summed E-state index contributed by atoms with van der Waals surface area (Å²) >= 11 is 14.1. The third kappa shape index (κ3) is 8.08. The number of ketones is 1. The molecule has 0 aromatic heterocycles. The van der Waals surface area contributed by atoms with Crippen molar-refractivity contribution in [1.82, 2.24) is 0 Å². The largest absolute Gasteiger partial charge is 0.427 e. The molecule has 0 heterocycles. The van der Waals surface area contributed by atoms with Crippen molar-refractivity contribution in [2.45, 2.75) is 0 Å². The number of nitrogens with two attached hydrogens (primary N) is 1. The van der Waals surface area contributed by atoms with Gasteiger partial charge in [-0.15, -0.1) is 0 Å². The van der Waals surface area contributed by atoms with Crippen molar-refractivity contribution in [1.29, 1.82) is 0 Å². The Hall–Kier alpha value is -7.46. The van der Waals surface area contributed by atoms with Crippen LogP contribution in [0.5, 0.6) is 5.75 Å². The molecule has 11 aromatic rings. The molecular weight excluding hydrogens is 1170 g/mol. The zero-order valence-corrected chi connectivity index (χ0v) is 45.5. The molecule has 2 N–H and O–H groups in total. The molecule has 3 aliphatic carbocycles. The Morgan fingerprint density at radius 2 is 0.716 bits per heavy atom. The Morgan fingerprint density at radius 1 is 0.365 bits per heavy atom. The minimum Gasteiger partial charge on any atom is -0.427 e. The molecule has 0 radical (unpaired) electrons. The van der Waals surface area contributed by atoms with Crippen LogP contribution in [0.2, 0.25) is 0 Å². The number of carbonyl (C=O) groups excluding carboxylic acids is 2. The molecule has 3 aliphatic rings. The van der Waals surface area contributed by atoms with E-state index in [0.29, 0.717) is 17.9 Å². The van der Waals surface area contributed by atoms with Gasteiger partial charge >= 0.3 is 0 Å². The maximum absolute atomic E-state index is 13.7. The van der Waals surface area contributed by atoms with Crippen molar-refractivity contribution in [3.05, 3.63) is 259 Å². The highest BCUT2D eigenvalue weighted by molar-refractivity contribution is 9.13. The Labute approximate surface area is 461 Å². The zero-order chi connectivity index (χ0) is 50.6. The fraction of sp³-hybridized carbons (Fsp3) is 0. The molecule has 0 aliphatic heterocycles. The van der Waals surface area contributed by atoms with Gasteiger partial charge in [0.2, 0.25) is 0 Å². The number of benzene rings is 11. The first-order chi connectivity index (χ1) is 36.2. The molecule has 0 spiro atoms. The van der Waals surface area contributed by atoms with Crippen LogP contribution in [0.3, 0.4) is 0 Å². The van der Waals surface area contributed by atoms with E-state index in [4.69, 9.17) is 5.73 Å². The number of nitrogen functional groups attached to an aromatic ring is 1. The van der Waals surface area contributed by atoms with Crippen LogP contribution in [0.15, 0.2) is 236 Å². The highest BCUT2D eigenvalue weighted by Crippen LogP contribution is 2.59. The number of hydrogen-bond acceptors (Lipinski definition) is 4. The van der Waals surface area contributed by atoms with Gasteiger partial charge in [0.05, 0.1) is 5.69 Å². The van der Waals surface area contributed by atoms with Gasteiger partial charge in [-0.1, -0.05) is 194 Å². The van der Waals surface area contributed by atoms with Gasteiger partial charge < -0.3 is 10.5 Å². The number of allylic oxidation sites excluding steroid dienone is 4. The van der Waals surface area contributed by atoms with Gasteiger partial charge in [0, 0.05) is 40.2 Å². The Balaban J connectivity index is 0.000000125. The lowest BCUT2D eigenvalue weighted by atomic mass is 9.82. The van der Waals surface area contributed by atoms with Crippen LogP contribution in [0, 0.1) is 0 Å². The molecule has 0 unspecified atom stereocenters. The van der Waals surface area contributed by atoms with E-state index < -0.39 is 0 Å². The molecule has 0 fully saturated rings. The predicted octanol–water partition coefficient (Wildman–Crippen LogP) is 19.1. The number of rotatable bonds is 6. The van der Waals surface area contributed by atoms with Gasteiger partial charge in [-0.3, -0.25) is 9.59 Å². The fourth-order valence-corrected chi connectivity index (χ4v) is 12.3. The minimum atomic E-state index is 0.119. The second-order valence-corrected chi connectivity index (χ2v) is 21.5. The lowest BCUT2D eigenvalue weighted by Gasteiger charge is -2.21. The Bertz CT molecular complexity index is 3950. The van der Waals surface area contributed by atoms with E-state index in [0.717, 1.165) is 51.3 Å². The van der Waals surface area contributed by atoms with E-state index in [1.165, 1.54) is 88.0 Å². The monoisotopic (exact) mass is 1210 g/mol. The van der Waals surface area contributed by atoms with Crippen LogP contribution >= 0.6 is 63.7 Å². The number of fused-ring (bicyclic) bond motifs is 7. The molecular formula is C66H39Br4NO3. The topological polar surface area (TPSA) is 69.4 Å². The van der Waals surface area contributed by atoms with E-state index in [9.17, 15) is 9.59 Å². The third-order valence-electron chi connectivity index (χ3n) is 13.9. The van der Waals surface area contributed by atoms with Crippen LogP contribution < -0.4 is 10.5 Å². The first-order valence-corrected chi connectivity index (χ1v) is 27.0. The molecule has 4 nitrogen and oxygen atoms in total. The molecule has 0 bridgehead atoms. The summed E-state index contributed by atoms with van der Waals surface area (Å²) in [6.45, 7) is 0.339. The minimum absolute atomic E-state index is 0.119. The molecule has 0 saturated heterocycles.